The second-order valence-corrected chi connectivity index (χ2v) is 11.3. The van der Waals surface area contributed by atoms with Gasteiger partial charge in [0.2, 0.25) is 5.91 Å². The van der Waals surface area contributed by atoms with Crippen molar-refractivity contribution in [2.75, 3.05) is 0 Å². The maximum absolute atomic E-state index is 14.1. The number of carboxylic acid groups (broad SMARTS) is 1. The predicted molar refractivity (Wildman–Crippen MR) is 164 cm³/mol. The number of thiophene rings is 1. The molecule has 2 N–H and O–H groups in total. The number of carbonyl (C=O) groups is 2. The van der Waals surface area contributed by atoms with Crippen molar-refractivity contribution in [2.24, 2.45) is 7.05 Å². The fraction of sp³-hybridized carbons (Fsp3) is 0.212. The summed E-state index contributed by atoms with van der Waals surface area (Å²) in [5.74, 6) is -1.50. The number of aliphatic carboxylic acids is 1. The van der Waals surface area contributed by atoms with Crippen molar-refractivity contribution in [1.29, 1.82) is 0 Å². The van der Waals surface area contributed by atoms with Gasteiger partial charge in [-0.05, 0) is 40.4 Å². The van der Waals surface area contributed by atoms with Crippen molar-refractivity contribution in [1.82, 2.24) is 14.5 Å². The summed E-state index contributed by atoms with van der Waals surface area (Å²) in [5.41, 5.74) is -0.00945. The van der Waals surface area contributed by atoms with E-state index in [-0.39, 0.29) is 12.3 Å². The van der Waals surface area contributed by atoms with Gasteiger partial charge in [0.05, 0.1) is 11.1 Å². The van der Waals surface area contributed by atoms with E-state index in [0.717, 1.165) is 15.0 Å². The minimum atomic E-state index is -1.21. The third kappa shape index (κ3) is 5.43. The van der Waals surface area contributed by atoms with Gasteiger partial charge in [-0.3, -0.25) is 9.59 Å². The lowest BCUT2D eigenvalue weighted by Gasteiger charge is -2.33. The van der Waals surface area contributed by atoms with Gasteiger partial charge >= 0.3 is 11.7 Å². The van der Waals surface area contributed by atoms with Gasteiger partial charge in [-0.25, -0.2) is 14.2 Å². The van der Waals surface area contributed by atoms with Gasteiger partial charge in [0.25, 0.3) is 5.56 Å². The SMILES string of the molecule is CC[C@](Cc1cccs1)(C(=O)N[C@@H](Cc1cccc2c(-n3c(=O)ccn(C)c3=O)cccc12)C(=O)O)c1ccccc1. The predicted octanol–water partition coefficient (Wildman–Crippen LogP) is 4.45. The number of nitrogens with zero attached hydrogens (tertiary/aromatic N) is 2. The third-order valence-corrected chi connectivity index (χ3v) is 8.71. The van der Waals surface area contributed by atoms with Crippen LogP contribution in [0.2, 0.25) is 0 Å². The molecule has 0 radical (unpaired) electrons. The molecule has 5 aromatic rings. The van der Waals surface area contributed by atoms with E-state index in [2.05, 4.69) is 5.32 Å². The Hall–Kier alpha value is -4.76. The van der Waals surface area contributed by atoms with Gasteiger partial charge in [0.1, 0.15) is 6.04 Å². The lowest BCUT2D eigenvalue weighted by atomic mass is 9.74. The molecule has 0 saturated carbocycles. The molecule has 2 heterocycles. The molecule has 0 bridgehead atoms. The Morgan fingerprint density at radius 1 is 0.929 bits per heavy atom. The second-order valence-electron chi connectivity index (χ2n) is 10.3. The molecule has 0 aliphatic rings. The largest absolute Gasteiger partial charge is 0.480 e. The average Bonchev–Trinajstić information content (AvgIpc) is 3.51. The number of rotatable bonds is 10. The normalized spacial score (nSPS) is 13.4. The molecule has 0 spiro atoms. The molecule has 0 unspecified atom stereocenters. The first-order chi connectivity index (χ1) is 20.2. The summed E-state index contributed by atoms with van der Waals surface area (Å²) in [6, 6.07) is 24.1. The number of carbonyl (C=O) groups excluding carboxylic acids is 1. The smallest absolute Gasteiger partial charge is 0.335 e. The summed E-state index contributed by atoms with van der Waals surface area (Å²) in [4.78, 5) is 53.2. The van der Waals surface area contributed by atoms with Gasteiger partial charge in [0, 0.05) is 42.4 Å². The topological polar surface area (TPSA) is 110 Å². The first-order valence-electron chi connectivity index (χ1n) is 13.7. The molecule has 2 aromatic heterocycles. The first-order valence-corrected chi connectivity index (χ1v) is 14.5. The van der Waals surface area contributed by atoms with Crippen LogP contribution < -0.4 is 16.6 Å². The van der Waals surface area contributed by atoms with Gasteiger partial charge in [-0.2, -0.15) is 0 Å². The Labute approximate surface area is 246 Å². The Kier molecular flexibility index (Phi) is 8.22. The van der Waals surface area contributed by atoms with Crippen molar-refractivity contribution >= 4 is 34.0 Å². The Balaban J connectivity index is 1.53. The summed E-state index contributed by atoms with van der Waals surface area (Å²) in [6.07, 6.45) is 2.35. The molecule has 2 atom stereocenters. The molecule has 5 rings (SSSR count). The summed E-state index contributed by atoms with van der Waals surface area (Å²) in [7, 11) is 1.57. The van der Waals surface area contributed by atoms with Gasteiger partial charge in [-0.15, -0.1) is 11.3 Å². The van der Waals surface area contributed by atoms with Crippen molar-refractivity contribution < 1.29 is 14.7 Å². The Morgan fingerprint density at radius 3 is 2.36 bits per heavy atom. The highest BCUT2D eigenvalue weighted by Gasteiger charge is 2.40. The molecule has 8 nitrogen and oxygen atoms in total. The summed E-state index contributed by atoms with van der Waals surface area (Å²) < 4.78 is 2.42. The lowest BCUT2D eigenvalue weighted by Crippen LogP contribution is -2.52. The minimum Gasteiger partial charge on any atom is -0.480 e. The van der Waals surface area contributed by atoms with E-state index >= 15 is 0 Å². The summed E-state index contributed by atoms with van der Waals surface area (Å²) >= 11 is 1.56. The molecule has 0 saturated heterocycles. The zero-order valence-corrected chi connectivity index (χ0v) is 24.1. The van der Waals surface area contributed by atoms with Crippen LogP contribution in [0.1, 0.15) is 29.3 Å². The van der Waals surface area contributed by atoms with E-state index in [1.807, 2.05) is 60.8 Å². The number of hydrogen-bond donors (Lipinski definition) is 2. The molecule has 9 heteroatoms. The first kappa shape index (κ1) is 28.8. The molecule has 3 aromatic carbocycles. The van der Waals surface area contributed by atoms with Crippen LogP contribution in [0.5, 0.6) is 0 Å². The Morgan fingerprint density at radius 2 is 1.67 bits per heavy atom. The second kappa shape index (κ2) is 12.0. The quantitative estimate of drug-likeness (QED) is 0.253. The van der Waals surface area contributed by atoms with Gasteiger partial charge in [0.15, 0.2) is 0 Å². The summed E-state index contributed by atoms with van der Waals surface area (Å²) in [6.45, 7) is 1.94. The van der Waals surface area contributed by atoms with Crippen molar-refractivity contribution in [3.05, 3.63) is 133 Å². The highest BCUT2D eigenvalue weighted by Crippen LogP contribution is 2.34. The van der Waals surface area contributed by atoms with E-state index in [9.17, 15) is 24.3 Å². The van der Waals surface area contributed by atoms with Crippen LogP contribution in [0, 0.1) is 0 Å². The monoisotopic (exact) mass is 581 g/mol. The van der Waals surface area contributed by atoms with E-state index in [1.165, 1.54) is 16.8 Å². The number of amides is 1. The van der Waals surface area contributed by atoms with Crippen LogP contribution in [0.3, 0.4) is 0 Å². The van der Waals surface area contributed by atoms with Crippen LogP contribution in [0.25, 0.3) is 16.5 Å². The van der Waals surface area contributed by atoms with Crippen molar-refractivity contribution in [2.45, 2.75) is 37.6 Å². The van der Waals surface area contributed by atoms with E-state index < -0.39 is 28.7 Å². The van der Waals surface area contributed by atoms with E-state index in [4.69, 9.17) is 0 Å². The highest BCUT2D eigenvalue weighted by atomic mass is 32.1. The van der Waals surface area contributed by atoms with Crippen LogP contribution in [0.15, 0.2) is 106 Å². The molecule has 0 aliphatic carbocycles. The maximum atomic E-state index is 14.1. The zero-order valence-electron chi connectivity index (χ0n) is 23.3. The molecule has 214 valence electrons. The fourth-order valence-electron chi connectivity index (χ4n) is 5.51. The van der Waals surface area contributed by atoms with E-state index in [1.54, 1.807) is 48.7 Å². The number of aryl methyl sites for hydroxylation is 1. The number of benzene rings is 3. The average molecular weight is 582 g/mol. The number of fused-ring (bicyclic) bond motifs is 1. The van der Waals surface area contributed by atoms with Gasteiger partial charge in [-0.1, -0.05) is 73.7 Å². The number of carboxylic acids is 1. The van der Waals surface area contributed by atoms with Crippen LogP contribution >= 0.6 is 11.3 Å². The highest BCUT2D eigenvalue weighted by molar-refractivity contribution is 7.09. The number of hydrogen-bond acceptors (Lipinski definition) is 5. The van der Waals surface area contributed by atoms with Crippen molar-refractivity contribution in [3.63, 3.8) is 0 Å². The van der Waals surface area contributed by atoms with Crippen LogP contribution in [-0.4, -0.2) is 32.2 Å². The number of aromatic nitrogens is 2. The van der Waals surface area contributed by atoms with E-state index in [0.29, 0.717) is 34.9 Å². The zero-order chi connectivity index (χ0) is 29.9. The van der Waals surface area contributed by atoms with Gasteiger partial charge < -0.3 is 15.0 Å². The summed E-state index contributed by atoms with van der Waals surface area (Å²) in [5, 5.41) is 16.4. The lowest BCUT2D eigenvalue weighted by molar-refractivity contribution is -0.142. The molecular weight excluding hydrogens is 550 g/mol. The minimum absolute atomic E-state index is 0.0111. The standard InChI is InChI=1S/C33H31N3O5S/c1-3-33(21-24-13-9-19-42-24,23-11-5-4-6-12-23)31(40)34-27(30(38)39)20-22-10-7-15-26-25(22)14-8-16-28(26)36-29(37)17-18-35(2)32(36)41/h4-19,27H,3,20-21H2,1-2H3,(H,34,40)(H,38,39)/t27-,33+/m0/s1. The fourth-order valence-corrected chi connectivity index (χ4v) is 6.33. The molecule has 42 heavy (non-hydrogen) atoms. The third-order valence-electron chi connectivity index (χ3n) is 7.83. The van der Waals surface area contributed by atoms with Crippen LogP contribution in [0.4, 0.5) is 0 Å². The number of nitrogens with one attached hydrogen (secondary N) is 1. The molecular formula is C33H31N3O5S. The van der Waals surface area contributed by atoms with Crippen molar-refractivity contribution in [3.8, 4) is 5.69 Å². The molecule has 0 fully saturated rings. The molecule has 0 aliphatic heterocycles. The maximum Gasteiger partial charge on any atom is 0.335 e. The Bertz CT molecular complexity index is 1860. The molecule has 1 amide bonds. The van der Waals surface area contributed by atoms with Crippen LogP contribution in [-0.2, 0) is 34.9 Å².